The molecule has 1 unspecified atom stereocenters. The van der Waals surface area contributed by atoms with Crippen LogP contribution in [0.3, 0.4) is 0 Å². The maximum Gasteiger partial charge on any atom is 0.255 e. The minimum Gasteiger partial charge on any atom is -0.489 e. The molecule has 4 aliphatic rings. The molecular formula is C45H39N7O5. The van der Waals surface area contributed by atoms with E-state index >= 15 is 0 Å². The first-order chi connectivity index (χ1) is 27.9. The van der Waals surface area contributed by atoms with Gasteiger partial charge in [-0.25, -0.2) is 9.97 Å². The maximum atomic E-state index is 13.1. The average molecular weight is 758 g/mol. The second-order valence-corrected chi connectivity index (χ2v) is 15.1. The quantitative estimate of drug-likeness (QED) is 0.166. The summed E-state index contributed by atoms with van der Waals surface area (Å²) in [5, 5.41) is 5.06. The Morgan fingerprint density at radius 1 is 0.842 bits per heavy atom. The molecule has 1 saturated carbocycles. The van der Waals surface area contributed by atoms with Crippen molar-refractivity contribution in [2.24, 2.45) is 0 Å². The SMILES string of the molecule is C=C1CCC(N2Cc3cc(N4CC(OCC#Cc5ccc(OC6CC(Oc7ccc(-c8ccc9c(c8)[nH]c8ccncc89)cn7)C6)cn5)C4)ccc3C2=O)C(=O)N1. The maximum absolute atomic E-state index is 13.1. The molecule has 1 atom stereocenters. The predicted octanol–water partition coefficient (Wildman–Crippen LogP) is 6.17. The van der Waals surface area contributed by atoms with Gasteiger partial charge in [-0.3, -0.25) is 14.6 Å². The zero-order valence-electron chi connectivity index (χ0n) is 31.1. The third-order valence-corrected chi connectivity index (χ3v) is 11.3. The Morgan fingerprint density at radius 2 is 1.72 bits per heavy atom. The van der Waals surface area contributed by atoms with Crippen molar-refractivity contribution in [3.05, 3.63) is 121 Å². The molecule has 12 heteroatoms. The Morgan fingerprint density at radius 3 is 2.54 bits per heavy atom. The molecule has 1 aliphatic carbocycles. The lowest BCUT2D eigenvalue weighted by atomic mass is 9.92. The Balaban J connectivity index is 0.643. The molecule has 12 nitrogen and oxygen atoms in total. The summed E-state index contributed by atoms with van der Waals surface area (Å²) in [6.07, 6.45) is 10.2. The number of allylic oxidation sites excluding steroid dienone is 1. The van der Waals surface area contributed by atoms with Gasteiger partial charge in [0.25, 0.3) is 5.91 Å². The number of amides is 2. The lowest BCUT2D eigenvalue weighted by Gasteiger charge is -2.40. The number of carbonyl (C=O) groups is 2. The fourth-order valence-electron chi connectivity index (χ4n) is 8.02. The van der Waals surface area contributed by atoms with E-state index in [1.807, 2.05) is 54.9 Å². The van der Waals surface area contributed by atoms with E-state index in [1.54, 1.807) is 17.3 Å². The van der Waals surface area contributed by atoms with Crippen molar-refractivity contribution in [3.8, 4) is 34.6 Å². The number of H-pyrrole nitrogens is 1. The van der Waals surface area contributed by atoms with Gasteiger partial charge >= 0.3 is 0 Å². The van der Waals surface area contributed by atoms with Crippen LogP contribution in [0.1, 0.15) is 47.3 Å². The Labute approximate surface area is 328 Å². The summed E-state index contributed by atoms with van der Waals surface area (Å²) in [4.78, 5) is 46.2. The monoisotopic (exact) mass is 757 g/mol. The van der Waals surface area contributed by atoms with Gasteiger partial charge in [0.1, 0.15) is 36.3 Å². The van der Waals surface area contributed by atoms with Crippen LogP contribution in [0.15, 0.2) is 104 Å². The first kappa shape index (κ1) is 34.8. The van der Waals surface area contributed by atoms with Crippen molar-refractivity contribution in [1.82, 2.24) is 30.2 Å². The molecule has 284 valence electrons. The molecule has 57 heavy (non-hydrogen) atoms. The van der Waals surface area contributed by atoms with Gasteiger partial charge in [-0.15, -0.1) is 0 Å². The zero-order chi connectivity index (χ0) is 38.5. The number of hydrogen-bond acceptors (Lipinski definition) is 9. The number of benzene rings is 2. The van der Waals surface area contributed by atoms with Crippen LogP contribution in [0.25, 0.3) is 32.9 Å². The molecule has 2 saturated heterocycles. The molecule has 2 aromatic carbocycles. The van der Waals surface area contributed by atoms with Gasteiger partial charge in [-0.2, -0.15) is 0 Å². The fourth-order valence-corrected chi connectivity index (χ4v) is 8.02. The second-order valence-electron chi connectivity index (χ2n) is 15.1. The van der Waals surface area contributed by atoms with E-state index in [0.717, 1.165) is 70.1 Å². The minimum atomic E-state index is -0.460. The van der Waals surface area contributed by atoms with Crippen LogP contribution in [0.5, 0.6) is 11.6 Å². The number of aromatic nitrogens is 4. The molecule has 3 aliphatic heterocycles. The summed E-state index contributed by atoms with van der Waals surface area (Å²) in [5.41, 5.74) is 8.28. The molecule has 2 N–H and O–H groups in total. The number of piperidine rings is 1. The van der Waals surface area contributed by atoms with Gasteiger partial charge < -0.3 is 34.3 Å². The van der Waals surface area contributed by atoms with Crippen molar-refractivity contribution in [1.29, 1.82) is 0 Å². The highest BCUT2D eigenvalue weighted by Gasteiger charge is 2.39. The topological polar surface area (TPSA) is 135 Å². The molecule has 0 bridgehead atoms. The molecular weight excluding hydrogens is 719 g/mol. The summed E-state index contributed by atoms with van der Waals surface area (Å²) in [5.74, 6) is 7.21. The van der Waals surface area contributed by atoms with Gasteiger partial charge in [0, 0.05) is 101 Å². The smallest absolute Gasteiger partial charge is 0.255 e. The first-order valence-electron chi connectivity index (χ1n) is 19.3. The van der Waals surface area contributed by atoms with Gasteiger partial charge in [-0.05, 0) is 78.4 Å². The van der Waals surface area contributed by atoms with E-state index in [-0.39, 0.29) is 30.1 Å². The average Bonchev–Trinajstić information content (AvgIpc) is 3.73. The predicted molar refractivity (Wildman–Crippen MR) is 215 cm³/mol. The van der Waals surface area contributed by atoms with Crippen LogP contribution in [0, 0.1) is 11.8 Å². The van der Waals surface area contributed by atoms with E-state index in [1.165, 1.54) is 0 Å². The van der Waals surface area contributed by atoms with Crippen molar-refractivity contribution >= 4 is 39.3 Å². The summed E-state index contributed by atoms with van der Waals surface area (Å²) < 4.78 is 18.2. The molecule has 0 spiro atoms. The first-order valence-corrected chi connectivity index (χ1v) is 19.3. The highest BCUT2D eigenvalue weighted by molar-refractivity contribution is 6.07. The van der Waals surface area contributed by atoms with Crippen LogP contribution in [0.2, 0.25) is 0 Å². The van der Waals surface area contributed by atoms with Crippen LogP contribution in [0.4, 0.5) is 5.69 Å². The Kier molecular flexibility index (Phi) is 8.79. The normalized spacial score (nSPS) is 20.4. The van der Waals surface area contributed by atoms with Crippen LogP contribution in [-0.2, 0) is 16.1 Å². The van der Waals surface area contributed by atoms with Crippen molar-refractivity contribution in [2.45, 2.75) is 56.6 Å². The number of nitrogens with one attached hydrogen (secondary N) is 2. The molecule has 6 aromatic rings. The van der Waals surface area contributed by atoms with E-state index in [0.29, 0.717) is 54.6 Å². The molecule has 2 amide bonds. The standard InChI is InChI=1S/C45H39N7O5/c1-27-4-12-42(44(53)49-27)52-24-30-17-32(8-11-37(30)45(52)54)51-25-36(26-51)55-16-2-3-31-7-9-33(22-47-31)56-34-19-35(20-34)57-43-13-6-29(21-48-43)28-5-10-38-39-23-46-15-14-40(39)50-41(38)18-28/h5-11,13-15,17-18,21-23,34-36,42,50H,1,4,12,16,19-20,24-26H2,(H,49,53). The fraction of sp³-hybridized carbons (Fsp3) is 0.267. The van der Waals surface area contributed by atoms with Crippen LogP contribution >= 0.6 is 0 Å². The number of ether oxygens (including phenoxy) is 3. The molecule has 7 heterocycles. The molecule has 4 aromatic heterocycles. The summed E-state index contributed by atoms with van der Waals surface area (Å²) >= 11 is 0. The second kappa shape index (κ2) is 14.4. The van der Waals surface area contributed by atoms with Gasteiger partial charge in [0.2, 0.25) is 11.8 Å². The minimum absolute atomic E-state index is 0.0503. The van der Waals surface area contributed by atoms with Crippen molar-refractivity contribution in [3.63, 3.8) is 0 Å². The molecule has 10 rings (SSSR count). The molecule has 0 radical (unpaired) electrons. The lowest BCUT2D eigenvalue weighted by molar-refractivity contribution is -0.126. The highest BCUT2D eigenvalue weighted by Crippen LogP contribution is 2.34. The summed E-state index contributed by atoms with van der Waals surface area (Å²) in [7, 11) is 0. The van der Waals surface area contributed by atoms with Crippen LogP contribution < -0.4 is 19.7 Å². The van der Waals surface area contributed by atoms with Crippen LogP contribution in [-0.4, -0.2) is 80.7 Å². The number of fused-ring (bicyclic) bond motifs is 4. The van der Waals surface area contributed by atoms with E-state index < -0.39 is 6.04 Å². The number of anilines is 1. The number of nitrogens with zero attached hydrogens (tertiary/aromatic N) is 5. The Bertz CT molecular complexity index is 2600. The number of rotatable bonds is 9. The third kappa shape index (κ3) is 6.91. The van der Waals surface area contributed by atoms with Gasteiger partial charge in [0.15, 0.2) is 0 Å². The number of aromatic amines is 1. The van der Waals surface area contributed by atoms with Crippen molar-refractivity contribution < 1.29 is 23.8 Å². The largest absolute Gasteiger partial charge is 0.489 e. The number of carbonyl (C=O) groups excluding carboxylic acids is 2. The zero-order valence-corrected chi connectivity index (χ0v) is 31.1. The third-order valence-electron chi connectivity index (χ3n) is 11.3. The highest BCUT2D eigenvalue weighted by atomic mass is 16.5. The lowest BCUT2D eigenvalue weighted by Crippen LogP contribution is -2.52. The van der Waals surface area contributed by atoms with Gasteiger partial charge in [0.05, 0.1) is 12.3 Å². The van der Waals surface area contributed by atoms with E-state index in [2.05, 4.69) is 72.8 Å². The number of pyridine rings is 3. The van der Waals surface area contributed by atoms with Gasteiger partial charge in [-0.1, -0.05) is 24.6 Å². The van der Waals surface area contributed by atoms with Crippen molar-refractivity contribution in [2.75, 3.05) is 24.6 Å². The summed E-state index contributed by atoms with van der Waals surface area (Å²) in [6.45, 7) is 6.07. The molecule has 3 fully saturated rings. The van der Waals surface area contributed by atoms with E-state index in [9.17, 15) is 9.59 Å². The number of hydrogen-bond donors (Lipinski definition) is 2. The summed E-state index contributed by atoms with van der Waals surface area (Å²) in [6, 6.07) is 21.5. The Hall–Kier alpha value is -6.71. The van der Waals surface area contributed by atoms with E-state index in [4.69, 9.17) is 14.2 Å².